The summed E-state index contributed by atoms with van der Waals surface area (Å²) in [6, 6.07) is 7.82. The van der Waals surface area contributed by atoms with Gasteiger partial charge in [0.15, 0.2) is 18.1 Å². The molecule has 1 saturated carbocycles. The van der Waals surface area contributed by atoms with E-state index in [4.69, 9.17) is 14.2 Å². The van der Waals surface area contributed by atoms with E-state index in [0.29, 0.717) is 29.4 Å². The van der Waals surface area contributed by atoms with Crippen LogP contribution in [0.5, 0.6) is 11.5 Å². The van der Waals surface area contributed by atoms with E-state index < -0.39 is 0 Å². The van der Waals surface area contributed by atoms with Crippen LogP contribution in [-0.4, -0.2) is 75.9 Å². The van der Waals surface area contributed by atoms with Crippen LogP contribution in [0.4, 0.5) is 0 Å². The van der Waals surface area contributed by atoms with Gasteiger partial charge in [-0.2, -0.15) is 0 Å². The van der Waals surface area contributed by atoms with Crippen molar-refractivity contribution >= 4 is 5.91 Å². The zero-order valence-corrected chi connectivity index (χ0v) is 16.2. The molecule has 0 unspecified atom stereocenters. The van der Waals surface area contributed by atoms with E-state index >= 15 is 0 Å². The topological polar surface area (TPSA) is 51.2 Å². The van der Waals surface area contributed by atoms with Crippen molar-refractivity contribution in [2.45, 2.75) is 25.0 Å². The van der Waals surface area contributed by atoms with Gasteiger partial charge in [-0.1, -0.05) is 12.1 Å². The van der Waals surface area contributed by atoms with Crippen molar-refractivity contribution in [1.29, 1.82) is 0 Å². The van der Waals surface area contributed by atoms with Crippen LogP contribution in [0.3, 0.4) is 0 Å². The third-order valence-electron chi connectivity index (χ3n) is 5.82. The Kier molecular flexibility index (Phi) is 6.04. The average Bonchev–Trinajstić information content (AvgIpc) is 3.08. The Morgan fingerprint density at radius 1 is 1.12 bits per heavy atom. The number of hydrogen-bond donors (Lipinski definition) is 0. The number of ether oxygens (including phenoxy) is 3. The number of nitrogens with zero attached hydrogens (tertiary/aromatic N) is 2. The number of benzene rings is 1. The maximum absolute atomic E-state index is 12.6. The summed E-state index contributed by atoms with van der Waals surface area (Å²) >= 11 is 0. The summed E-state index contributed by atoms with van der Waals surface area (Å²) in [5.41, 5.74) is 0. The van der Waals surface area contributed by atoms with Crippen molar-refractivity contribution < 1.29 is 19.0 Å². The van der Waals surface area contributed by atoms with E-state index in [-0.39, 0.29) is 18.6 Å². The molecule has 1 saturated heterocycles. The smallest absolute Gasteiger partial charge is 0.260 e. The second-order valence-corrected chi connectivity index (χ2v) is 7.53. The monoisotopic (exact) mass is 362 g/mol. The first-order valence-electron chi connectivity index (χ1n) is 9.26. The number of carbonyl (C=O) groups excluding carboxylic acids is 1. The van der Waals surface area contributed by atoms with Crippen molar-refractivity contribution in [2.75, 3.05) is 48.0 Å². The molecule has 2 fully saturated rings. The van der Waals surface area contributed by atoms with Crippen LogP contribution in [0.2, 0.25) is 0 Å². The van der Waals surface area contributed by atoms with Crippen molar-refractivity contribution in [2.24, 2.45) is 11.8 Å². The SMILES string of the molecule is COc1ccccc1OCC(=O)N1C[C@H]2C[C@@H](N(C)C)[C@H](OC)C[C@H]2C1. The number of likely N-dealkylation sites (tertiary alicyclic amines) is 1. The van der Waals surface area contributed by atoms with Crippen LogP contribution in [-0.2, 0) is 9.53 Å². The van der Waals surface area contributed by atoms with Gasteiger partial charge in [-0.05, 0) is 50.9 Å². The molecule has 1 aromatic rings. The summed E-state index contributed by atoms with van der Waals surface area (Å²) in [6.45, 7) is 1.67. The standard InChI is InChI=1S/C20H30N2O4/c1-21(2)16-9-14-11-22(12-15(14)10-19(16)25-4)20(23)13-26-18-8-6-5-7-17(18)24-3/h5-8,14-16,19H,9-13H2,1-4H3/t14-,15+,16-,19-/m1/s1. The summed E-state index contributed by atoms with van der Waals surface area (Å²) in [6.07, 6.45) is 2.33. The van der Waals surface area contributed by atoms with Crippen molar-refractivity contribution in [3.63, 3.8) is 0 Å². The lowest BCUT2D eigenvalue weighted by molar-refractivity contribution is -0.132. The van der Waals surface area contributed by atoms with Crippen LogP contribution in [0.25, 0.3) is 0 Å². The Bertz CT molecular complexity index is 622. The highest BCUT2D eigenvalue weighted by Crippen LogP contribution is 2.38. The van der Waals surface area contributed by atoms with Crippen LogP contribution in [0.15, 0.2) is 24.3 Å². The minimum Gasteiger partial charge on any atom is -0.493 e. The molecule has 3 rings (SSSR count). The lowest BCUT2D eigenvalue weighted by Crippen LogP contribution is -2.47. The molecule has 0 aromatic heterocycles. The first-order valence-corrected chi connectivity index (χ1v) is 9.26. The molecule has 2 aliphatic rings. The molecule has 0 spiro atoms. The first kappa shape index (κ1) is 19.0. The molecule has 6 nitrogen and oxygen atoms in total. The Morgan fingerprint density at radius 2 is 1.77 bits per heavy atom. The number of carbonyl (C=O) groups is 1. The highest BCUT2D eigenvalue weighted by molar-refractivity contribution is 5.78. The number of likely N-dealkylation sites (N-methyl/N-ethyl adjacent to an activating group) is 1. The Labute approximate surface area is 156 Å². The van der Waals surface area contributed by atoms with Gasteiger partial charge in [-0.25, -0.2) is 0 Å². The molecule has 26 heavy (non-hydrogen) atoms. The normalized spacial score (nSPS) is 28.1. The molecule has 4 atom stereocenters. The van der Waals surface area contributed by atoms with Crippen molar-refractivity contribution in [1.82, 2.24) is 9.80 Å². The van der Waals surface area contributed by atoms with E-state index in [2.05, 4.69) is 19.0 Å². The summed E-state index contributed by atoms with van der Waals surface area (Å²) in [7, 11) is 7.61. The molecule has 1 aromatic carbocycles. The lowest BCUT2D eigenvalue weighted by Gasteiger charge is -2.40. The Morgan fingerprint density at radius 3 is 2.38 bits per heavy atom. The van der Waals surface area contributed by atoms with Gasteiger partial charge < -0.3 is 24.0 Å². The minimum atomic E-state index is 0.0423. The highest BCUT2D eigenvalue weighted by atomic mass is 16.5. The molecule has 6 heteroatoms. The number of rotatable bonds is 6. The van der Waals surface area contributed by atoms with Crippen molar-refractivity contribution in [3.05, 3.63) is 24.3 Å². The number of amides is 1. The van der Waals surface area contributed by atoms with Gasteiger partial charge in [0.25, 0.3) is 5.91 Å². The van der Waals surface area contributed by atoms with E-state index in [1.165, 1.54) is 0 Å². The summed E-state index contributed by atoms with van der Waals surface area (Å²) in [4.78, 5) is 16.9. The zero-order chi connectivity index (χ0) is 18.7. The van der Waals surface area contributed by atoms with E-state index in [1.807, 2.05) is 29.2 Å². The quantitative estimate of drug-likeness (QED) is 0.774. The first-order chi connectivity index (χ1) is 12.5. The third-order valence-corrected chi connectivity index (χ3v) is 5.82. The largest absolute Gasteiger partial charge is 0.493 e. The molecule has 1 aliphatic carbocycles. The van der Waals surface area contributed by atoms with E-state index in [0.717, 1.165) is 25.9 Å². The summed E-state index contributed by atoms with van der Waals surface area (Å²) < 4.78 is 16.7. The molecule has 1 heterocycles. The predicted octanol–water partition coefficient (Wildman–Crippen LogP) is 1.89. The number of para-hydroxylation sites is 2. The van der Waals surface area contributed by atoms with E-state index in [9.17, 15) is 4.79 Å². The van der Waals surface area contributed by atoms with Gasteiger partial charge in [0.1, 0.15) is 0 Å². The third kappa shape index (κ3) is 3.96. The minimum absolute atomic E-state index is 0.0423. The lowest BCUT2D eigenvalue weighted by atomic mass is 9.77. The molecule has 0 N–H and O–H groups in total. The second-order valence-electron chi connectivity index (χ2n) is 7.53. The van der Waals surface area contributed by atoms with Crippen LogP contribution < -0.4 is 9.47 Å². The highest BCUT2D eigenvalue weighted by Gasteiger charge is 2.44. The maximum atomic E-state index is 12.6. The molecular weight excluding hydrogens is 332 g/mol. The fourth-order valence-electron chi connectivity index (χ4n) is 4.36. The van der Waals surface area contributed by atoms with Gasteiger partial charge in [-0.15, -0.1) is 0 Å². The Balaban J connectivity index is 1.57. The number of methoxy groups -OCH3 is 2. The molecular formula is C20H30N2O4. The van der Waals surface area contributed by atoms with Crippen LogP contribution in [0.1, 0.15) is 12.8 Å². The van der Waals surface area contributed by atoms with Gasteiger partial charge in [0, 0.05) is 26.2 Å². The number of hydrogen-bond acceptors (Lipinski definition) is 5. The molecule has 1 amide bonds. The summed E-state index contributed by atoms with van der Waals surface area (Å²) in [5.74, 6) is 2.36. The fraction of sp³-hybridized carbons (Fsp3) is 0.650. The fourth-order valence-corrected chi connectivity index (χ4v) is 4.36. The molecule has 144 valence electrons. The second kappa shape index (κ2) is 8.27. The van der Waals surface area contributed by atoms with Crippen molar-refractivity contribution in [3.8, 4) is 11.5 Å². The maximum Gasteiger partial charge on any atom is 0.260 e. The summed E-state index contributed by atoms with van der Waals surface area (Å²) in [5, 5.41) is 0. The zero-order valence-electron chi connectivity index (χ0n) is 16.2. The van der Waals surface area contributed by atoms with Gasteiger partial charge in [0.2, 0.25) is 0 Å². The molecule has 0 bridgehead atoms. The average molecular weight is 362 g/mol. The van der Waals surface area contributed by atoms with E-state index in [1.54, 1.807) is 14.2 Å². The van der Waals surface area contributed by atoms with Gasteiger partial charge in [-0.3, -0.25) is 4.79 Å². The predicted molar refractivity (Wildman–Crippen MR) is 99.6 cm³/mol. The molecule has 0 radical (unpaired) electrons. The molecule has 1 aliphatic heterocycles. The van der Waals surface area contributed by atoms with Gasteiger partial charge in [0.05, 0.1) is 13.2 Å². The number of fused-ring (bicyclic) bond motifs is 1. The van der Waals surface area contributed by atoms with Gasteiger partial charge >= 0.3 is 0 Å². The Hall–Kier alpha value is -1.79. The van der Waals surface area contributed by atoms with Crippen LogP contribution >= 0.6 is 0 Å². The van der Waals surface area contributed by atoms with Crippen LogP contribution in [0, 0.1) is 11.8 Å².